The normalized spacial score (nSPS) is 32.4. The van der Waals surface area contributed by atoms with Crippen LogP contribution in [-0.2, 0) is 6.42 Å². The smallest absolute Gasteiger partial charge is 0.123 e. The topological polar surface area (TPSA) is 20.2 Å². The Kier molecular flexibility index (Phi) is 3.14. The Hall–Kier alpha value is -0.890. The monoisotopic (exact) mass is 248 g/mol. The van der Waals surface area contributed by atoms with E-state index in [4.69, 9.17) is 0 Å². The molecule has 2 fully saturated rings. The van der Waals surface area contributed by atoms with Gasteiger partial charge in [0.15, 0.2) is 0 Å². The summed E-state index contributed by atoms with van der Waals surface area (Å²) in [6, 6.07) is 6.57. The fraction of sp³-hybridized carbons (Fsp3) is 0.625. The second-order valence-corrected chi connectivity index (χ2v) is 6.22. The maximum Gasteiger partial charge on any atom is 0.123 e. The van der Waals surface area contributed by atoms with E-state index in [9.17, 15) is 9.50 Å². The van der Waals surface area contributed by atoms with Gasteiger partial charge in [-0.2, -0.15) is 0 Å². The molecule has 2 aliphatic carbocycles. The SMILES string of the molecule is OC1(Cc2ccc(F)cc2)CCCC(C2CC2)C1. The molecule has 1 nitrogen and oxygen atoms in total. The molecular formula is C16H21FO. The molecule has 0 aliphatic heterocycles. The van der Waals surface area contributed by atoms with E-state index in [2.05, 4.69) is 0 Å². The average Bonchev–Trinajstić information content (AvgIpc) is 3.16. The Labute approximate surface area is 108 Å². The summed E-state index contributed by atoms with van der Waals surface area (Å²) in [7, 11) is 0. The molecule has 1 aromatic carbocycles. The number of halogens is 1. The van der Waals surface area contributed by atoms with Gasteiger partial charge in [0.05, 0.1) is 5.60 Å². The van der Waals surface area contributed by atoms with Crippen molar-refractivity contribution in [3.8, 4) is 0 Å². The van der Waals surface area contributed by atoms with Gasteiger partial charge < -0.3 is 5.11 Å². The van der Waals surface area contributed by atoms with Crippen molar-refractivity contribution < 1.29 is 9.50 Å². The highest BCUT2D eigenvalue weighted by Crippen LogP contribution is 2.47. The molecule has 0 amide bonds. The molecule has 1 N–H and O–H groups in total. The summed E-state index contributed by atoms with van der Waals surface area (Å²) >= 11 is 0. The van der Waals surface area contributed by atoms with Crippen LogP contribution in [0.5, 0.6) is 0 Å². The predicted octanol–water partition coefficient (Wildman–Crippen LogP) is 3.70. The molecule has 0 radical (unpaired) electrons. The number of benzene rings is 1. The van der Waals surface area contributed by atoms with Gasteiger partial charge in [0.2, 0.25) is 0 Å². The van der Waals surface area contributed by atoms with Crippen LogP contribution < -0.4 is 0 Å². The second-order valence-electron chi connectivity index (χ2n) is 6.22. The van der Waals surface area contributed by atoms with Crippen molar-refractivity contribution in [1.82, 2.24) is 0 Å². The van der Waals surface area contributed by atoms with E-state index in [1.165, 1.54) is 31.4 Å². The second kappa shape index (κ2) is 4.65. The van der Waals surface area contributed by atoms with Crippen molar-refractivity contribution in [3.63, 3.8) is 0 Å². The van der Waals surface area contributed by atoms with E-state index in [0.29, 0.717) is 6.42 Å². The third-order valence-electron chi connectivity index (χ3n) is 4.59. The average molecular weight is 248 g/mol. The van der Waals surface area contributed by atoms with Gasteiger partial charge in [-0.1, -0.05) is 18.6 Å². The summed E-state index contributed by atoms with van der Waals surface area (Å²) in [6.45, 7) is 0. The molecule has 0 aromatic heterocycles. The molecule has 2 aliphatic rings. The number of aliphatic hydroxyl groups is 1. The lowest BCUT2D eigenvalue weighted by Gasteiger charge is -2.37. The van der Waals surface area contributed by atoms with Crippen LogP contribution in [0.3, 0.4) is 0 Å². The van der Waals surface area contributed by atoms with E-state index in [0.717, 1.165) is 36.7 Å². The fourth-order valence-corrected chi connectivity index (χ4v) is 3.50. The molecule has 0 heterocycles. The lowest BCUT2D eigenvalue weighted by molar-refractivity contribution is -0.0195. The van der Waals surface area contributed by atoms with Crippen molar-refractivity contribution in [2.75, 3.05) is 0 Å². The van der Waals surface area contributed by atoms with E-state index in [1.807, 2.05) is 0 Å². The Bertz CT molecular complexity index is 410. The van der Waals surface area contributed by atoms with Crippen LogP contribution in [0.15, 0.2) is 24.3 Å². The van der Waals surface area contributed by atoms with Crippen LogP contribution in [0.1, 0.15) is 44.1 Å². The third kappa shape index (κ3) is 2.74. The Morgan fingerprint density at radius 3 is 2.50 bits per heavy atom. The highest BCUT2D eigenvalue weighted by Gasteiger charge is 2.40. The van der Waals surface area contributed by atoms with Crippen LogP contribution in [-0.4, -0.2) is 10.7 Å². The molecular weight excluding hydrogens is 227 g/mol. The first kappa shape index (κ1) is 12.2. The standard InChI is InChI=1S/C16H21FO/c17-15-7-3-12(4-8-15)10-16(18)9-1-2-14(11-16)13-5-6-13/h3-4,7-8,13-14,18H,1-2,5-6,9-11H2. The molecule has 98 valence electrons. The summed E-state index contributed by atoms with van der Waals surface area (Å²) in [4.78, 5) is 0. The van der Waals surface area contributed by atoms with Crippen LogP contribution in [0.25, 0.3) is 0 Å². The van der Waals surface area contributed by atoms with Crippen LogP contribution in [0.2, 0.25) is 0 Å². The van der Waals surface area contributed by atoms with Gasteiger partial charge in [-0.05, 0) is 61.6 Å². The fourth-order valence-electron chi connectivity index (χ4n) is 3.50. The van der Waals surface area contributed by atoms with Gasteiger partial charge in [-0.3, -0.25) is 0 Å². The van der Waals surface area contributed by atoms with E-state index in [1.54, 1.807) is 12.1 Å². The van der Waals surface area contributed by atoms with Crippen LogP contribution in [0.4, 0.5) is 4.39 Å². The minimum atomic E-state index is -0.552. The first-order valence-electron chi connectivity index (χ1n) is 7.11. The van der Waals surface area contributed by atoms with Crippen molar-refractivity contribution in [1.29, 1.82) is 0 Å². The third-order valence-corrected chi connectivity index (χ3v) is 4.59. The summed E-state index contributed by atoms with van der Waals surface area (Å²) in [6.07, 6.45) is 7.66. The zero-order valence-corrected chi connectivity index (χ0v) is 10.7. The lowest BCUT2D eigenvalue weighted by Crippen LogP contribution is -2.38. The first-order chi connectivity index (χ1) is 8.65. The Balaban J connectivity index is 1.67. The summed E-state index contributed by atoms with van der Waals surface area (Å²) in [5.74, 6) is 1.40. The Morgan fingerprint density at radius 2 is 1.83 bits per heavy atom. The highest BCUT2D eigenvalue weighted by molar-refractivity contribution is 5.18. The molecule has 2 saturated carbocycles. The number of hydrogen-bond donors (Lipinski definition) is 1. The maximum absolute atomic E-state index is 12.9. The molecule has 18 heavy (non-hydrogen) atoms. The number of hydrogen-bond acceptors (Lipinski definition) is 1. The minimum absolute atomic E-state index is 0.203. The van der Waals surface area contributed by atoms with Gasteiger partial charge in [0.25, 0.3) is 0 Å². The molecule has 2 atom stereocenters. The molecule has 0 bridgehead atoms. The van der Waals surface area contributed by atoms with E-state index in [-0.39, 0.29) is 5.82 Å². The predicted molar refractivity (Wildman–Crippen MR) is 69.7 cm³/mol. The van der Waals surface area contributed by atoms with Crippen molar-refractivity contribution >= 4 is 0 Å². The minimum Gasteiger partial charge on any atom is -0.390 e. The quantitative estimate of drug-likeness (QED) is 0.864. The summed E-state index contributed by atoms with van der Waals surface area (Å²) in [5, 5.41) is 10.7. The van der Waals surface area contributed by atoms with E-state index < -0.39 is 5.60 Å². The van der Waals surface area contributed by atoms with Crippen molar-refractivity contribution in [2.24, 2.45) is 11.8 Å². The molecule has 3 rings (SSSR count). The van der Waals surface area contributed by atoms with Gasteiger partial charge in [-0.15, -0.1) is 0 Å². The molecule has 2 unspecified atom stereocenters. The van der Waals surface area contributed by atoms with Crippen molar-refractivity contribution in [2.45, 2.75) is 50.5 Å². The zero-order valence-electron chi connectivity index (χ0n) is 10.7. The van der Waals surface area contributed by atoms with Crippen molar-refractivity contribution in [3.05, 3.63) is 35.6 Å². The maximum atomic E-state index is 12.9. The van der Waals surface area contributed by atoms with E-state index >= 15 is 0 Å². The molecule has 0 saturated heterocycles. The Morgan fingerprint density at radius 1 is 1.11 bits per heavy atom. The van der Waals surface area contributed by atoms with Crippen LogP contribution >= 0.6 is 0 Å². The molecule has 1 aromatic rings. The highest BCUT2D eigenvalue weighted by atomic mass is 19.1. The lowest BCUT2D eigenvalue weighted by atomic mass is 9.73. The number of rotatable bonds is 3. The molecule has 0 spiro atoms. The summed E-state index contributed by atoms with van der Waals surface area (Å²) in [5.41, 5.74) is 0.499. The zero-order chi connectivity index (χ0) is 12.6. The van der Waals surface area contributed by atoms with Gasteiger partial charge >= 0.3 is 0 Å². The van der Waals surface area contributed by atoms with Crippen LogP contribution in [0, 0.1) is 17.7 Å². The summed E-state index contributed by atoms with van der Waals surface area (Å²) < 4.78 is 12.9. The van der Waals surface area contributed by atoms with Gasteiger partial charge in [-0.25, -0.2) is 4.39 Å². The largest absolute Gasteiger partial charge is 0.390 e. The van der Waals surface area contributed by atoms with Gasteiger partial charge in [0.1, 0.15) is 5.82 Å². The molecule has 2 heteroatoms. The van der Waals surface area contributed by atoms with Gasteiger partial charge in [0, 0.05) is 6.42 Å². The first-order valence-corrected chi connectivity index (χ1v) is 7.11.